The molecule has 0 fully saturated rings. The van der Waals surface area contributed by atoms with Gasteiger partial charge in [0.15, 0.2) is 0 Å². The maximum atomic E-state index is 10.7. The van der Waals surface area contributed by atoms with Crippen LogP contribution in [0.3, 0.4) is 0 Å². The van der Waals surface area contributed by atoms with Crippen LogP contribution in [0.25, 0.3) is 6.08 Å². The number of rotatable bonds is 2. The highest BCUT2D eigenvalue weighted by Crippen LogP contribution is 2.16. The average Bonchev–Trinajstić information content (AvgIpc) is 2.47. The summed E-state index contributed by atoms with van der Waals surface area (Å²) in [6.07, 6.45) is 3.20. The fourth-order valence-corrected chi connectivity index (χ4v) is 1.59. The van der Waals surface area contributed by atoms with Gasteiger partial charge in [-0.15, -0.1) is 11.3 Å². The Morgan fingerprint density at radius 2 is 2.42 bits per heavy atom. The van der Waals surface area contributed by atoms with E-state index in [9.17, 15) is 4.79 Å². The van der Waals surface area contributed by atoms with Crippen LogP contribution in [0.2, 0.25) is 0 Å². The first kappa shape index (κ1) is 9.00. The molecular weight excluding hydrogens is 172 g/mol. The van der Waals surface area contributed by atoms with Crippen molar-refractivity contribution in [2.75, 3.05) is 7.11 Å². The van der Waals surface area contributed by atoms with Crippen LogP contribution >= 0.6 is 11.3 Å². The van der Waals surface area contributed by atoms with Crippen LogP contribution in [0.5, 0.6) is 0 Å². The predicted molar refractivity (Wildman–Crippen MR) is 50.1 cm³/mol. The normalized spacial score (nSPS) is 10.5. The number of aryl methyl sites for hydroxylation is 1. The van der Waals surface area contributed by atoms with Crippen molar-refractivity contribution >= 4 is 23.4 Å². The quantitative estimate of drug-likeness (QED) is 0.518. The summed E-state index contributed by atoms with van der Waals surface area (Å²) in [5.41, 5.74) is 1.18. The molecule has 0 aromatic carbocycles. The van der Waals surface area contributed by atoms with E-state index in [1.54, 1.807) is 17.4 Å². The van der Waals surface area contributed by atoms with Gasteiger partial charge in [-0.1, -0.05) is 0 Å². The smallest absolute Gasteiger partial charge is 0.330 e. The topological polar surface area (TPSA) is 26.3 Å². The van der Waals surface area contributed by atoms with Gasteiger partial charge in [-0.05, 0) is 30.0 Å². The highest BCUT2D eigenvalue weighted by Gasteiger charge is 1.95. The third kappa shape index (κ3) is 2.20. The van der Waals surface area contributed by atoms with E-state index in [4.69, 9.17) is 0 Å². The lowest BCUT2D eigenvalue weighted by atomic mass is 10.3. The molecule has 3 heteroatoms. The molecule has 1 aromatic rings. The summed E-state index contributed by atoms with van der Waals surface area (Å²) in [5.74, 6) is -0.317. The fraction of sp³-hybridized carbons (Fsp3) is 0.222. The van der Waals surface area contributed by atoms with E-state index in [0.717, 1.165) is 4.88 Å². The van der Waals surface area contributed by atoms with E-state index in [2.05, 4.69) is 4.74 Å². The molecule has 0 bridgehead atoms. The van der Waals surface area contributed by atoms with Crippen LogP contribution in [0, 0.1) is 6.92 Å². The molecule has 0 aliphatic rings. The van der Waals surface area contributed by atoms with Crippen LogP contribution in [0.1, 0.15) is 10.4 Å². The maximum Gasteiger partial charge on any atom is 0.330 e. The number of hydrogen-bond donors (Lipinski definition) is 0. The van der Waals surface area contributed by atoms with Gasteiger partial charge < -0.3 is 4.74 Å². The van der Waals surface area contributed by atoms with Crippen molar-refractivity contribution in [3.63, 3.8) is 0 Å². The third-order valence-electron chi connectivity index (χ3n) is 1.47. The van der Waals surface area contributed by atoms with Crippen molar-refractivity contribution in [1.29, 1.82) is 0 Å². The van der Waals surface area contributed by atoms with Crippen molar-refractivity contribution in [2.45, 2.75) is 6.92 Å². The molecule has 0 unspecified atom stereocenters. The zero-order chi connectivity index (χ0) is 8.97. The number of thiophene rings is 1. The van der Waals surface area contributed by atoms with Crippen molar-refractivity contribution in [2.24, 2.45) is 0 Å². The van der Waals surface area contributed by atoms with Crippen molar-refractivity contribution < 1.29 is 9.53 Å². The molecule has 0 atom stereocenters. The molecule has 0 saturated heterocycles. The summed E-state index contributed by atoms with van der Waals surface area (Å²) >= 11 is 1.61. The second-order valence-electron chi connectivity index (χ2n) is 2.32. The van der Waals surface area contributed by atoms with Gasteiger partial charge in [0, 0.05) is 11.0 Å². The summed E-state index contributed by atoms with van der Waals surface area (Å²) in [5, 5.41) is 1.99. The Labute approximate surface area is 75.5 Å². The van der Waals surface area contributed by atoms with Gasteiger partial charge in [0.05, 0.1) is 7.11 Å². The minimum atomic E-state index is -0.317. The molecule has 0 N–H and O–H groups in total. The third-order valence-corrected chi connectivity index (χ3v) is 2.46. The monoisotopic (exact) mass is 182 g/mol. The van der Waals surface area contributed by atoms with E-state index in [-0.39, 0.29) is 5.97 Å². The number of carbonyl (C=O) groups excluding carboxylic acids is 1. The van der Waals surface area contributed by atoms with Crippen molar-refractivity contribution in [1.82, 2.24) is 0 Å². The SMILES string of the molecule is COC(=O)/C=C\c1sccc1C. The second-order valence-corrected chi connectivity index (χ2v) is 3.27. The first-order valence-corrected chi connectivity index (χ1v) is 4.42. The molecule has 0 spiro atoms. The van der Waals surface area contributed by atoms with Crippen LogP contribution in [-0.2, 0) is 9.53 Å². The average molecular weight is 182 g/mol. The van der Waals surface area contributed by atoms with E-state index in [1.807, 2.05) is 18.4 Å². The number of hydrogen-bond acceptors (Lipinski definition) is 3. The first-order chi connectivity index (χ1) is 5.74. The molecule has 1 rings (SSSR count). The van der Waals surface area contributed by atoms with E-state index >= 15 is 0 Å². The van der Waals surface area contributed by atoms with Crippen LogP contribution in [0.15, 0.2) is 17.5 Å². The summed E-state index contributed by atoms with van der Waals surface area (Å²) < 4.78 is 4.47. The number of methoxy groups -OCH3 is 1. The maximum absolute atomic E-state index is 10.7. The lowest BCUT2D eigenvalue weighted by molar-refractivity contribution is -0.134. The van der Waals surface area contributed by atoms with E-state index < -0.39 is 0 Å². The Morgan fingerprint density at radius 3 is 2.92 bits per heavy atom. The largest absolute Gasteiger partial charge is 0.466 e. The van der Waals surface area contributed by atoms with E-state index in [1.165, 1.54) is 18.7 Å². The Hall–Kier alpha value is -1.09. The van der Waals surface area contributed by atoms with Gasteiger partial charge in [-0.2, -0.15) is 0 Å². The second kappa shape index (κ2) is 4.07. The zero-order valence-corrected chi connectivity index (χ0v) is 7.85. The lowest BCUT2D eigenvalue weighted by Gasteiger charge is -1.90. The number of esters is 1. The highest BCUT2D eigenvalue weighted by atomic mass is 32.1. The van der Waals surface area contributed by atoms with Crippen LogP contribution < -0.4 is 0 Å². The minimum absolute atomic E-state index is 0.317. The zero-order valence-electron chi connectivity index (χ0n) is 7.03. The summed E-state index contributed by atoms with van der Waals surface area (Å²) in [4.78, 5) is 11.8. The number of ether oxygens (including phenoxy) is 1. The first-order valence-electron chi connectivity index (χ1n) is 3.54. The van der Waals surface area contributed by atoms with Gasteiger partial charge >= 0.3 is 5.97 Å². The van der Waals surface area contributed by atoms with Gasteiger partial charge in [0.1, 0.15) is 0 Å². The van der Waals surface area contributed by atoms with Gasteiger partial charge in [0.25, 0.3) is 0 Å². The molecule has 0 amide bonds. The van der Waals surface area contributed by atoms with Crippen molar-refractivity contribution in [3.8, 4) is 0 Å². The van der Waals surface area contributed by atoms with Gasteiger partial charge in [-0.3, -0.25) is 0 Å². The Morgan fingerprint density at radius 1 is 1.67 bits per heavy atom. The summed E-state index contributed by atoms with van der Waals surface area (Å²) in [7, 11) is 1.37. The molecule has 64 valence electrons. The molecule has 2 nitrogen and oxygen atoms in total. The lowest BCUT2D eigenvalue weighted by Crippen LogP contribution is -1.92. The van der Waals surface area contributed by atoms with Crippen molar-refractivity contribution in [3.05, 3.63) is 28.0 Å². The molecule has 0 saturated carbocycles. The molecule has 12 heavy (non-hydrogen) atoms. The highest BCUT2D eigenvalue weighted by molar-refractivity contribution is 7.11. The van der Waals surface area contributed by atoms with Gasteiger partial charge in [0.2, 0.25) is 0 Å². The molecule has 0 radical (unpaired) electrons. The Bertz CT molecular complexity index is 299. The predicted octanol–water partition coefficient (Wildman–Crippen LogP) is 2.24. The summed E-state index contributed by atoms with van der Waals surface area (Å²) in [6.45, 7) is 2.01. The molecular formula is C9H10O2S. The Kier molecular flexibility index (Phi) is 3.05. The van der Waals surface area contributed by atoms with Gasteiger partial charge in [-0.25, -0.2) is 4.79 Å². The minimum Gasteiger partial charge on any atom is -0.466 e. The molecule has 0 aliphatic heterocycles. The Balaban J connectivity index is 2.69. The summed E-state index contributed by atoms with van der Waals surface area (Å²) in [6, 6.07) is 2.02. The standard InChI is InChI=1S/C9H10O2S/c1-7-5-6-12-8(7)3-4-9(10)11-2/h3-6H,1-2H3/b4-3-. The number of carbonyl (C=O) groups is 1. The van der Waals surface area contributed by atoms with Crippen LogP contribution in [0.4, 0.5) is 0 Å². The van der Waals surface area contributed by atoms with Crippen LogP contribution in [-0.4, -0.2) is 13.1 Å². The molecule has 1 aromatic heterocycles. The molecule has 0 aliphatic carbocycles. The van der Waals surface area contributed by atoms with E-state index in [0.29, 0.717) is 0 Å². The molecule has 1 heterocycles. The fourth-order valence-electron chi connectivity index (χ4n) is 0.767.